The Morgan fingerprint density at radius 1 is 0.950 bits per heavy atom. The molecule has 1 aromatic carbocycles. The second-order valence-electron chi connectivity index (χ2n) is 4.52. The van der Waals surface area contributed by atoms with E-state index in [-0.39, 0.29) is 31.1 Å². The number of nitrogens with zero attached hydrogens (tertiary/aromatic N) is 2. The molecule has 104 valence electrons. The van der Waals surface area contributed by atoms with Crippen molar-refractivity contribution in [3.8, 4) is 0 Å². The fourth-order valence-corrected chi connectivity index (χ4v) is 2.28. The average molecular weight is 275 g/mol. The molecule has 0 unspecified atom stereocenters. The van der Waals surface area contributed by atoms with Crippen LogP contribution in [0.15, 0.2) is 24.3 Å². The molecule has 7 nitrogen and oxygen atoms in total. The molecule has 2 fully saturated rings. The van der Waals surface area contributed by atoms with Crippen LogP contribution in [0.3, 0.4) is 0 Å². The fraction of sp³-hybridized carbons (Fsp3) is 0.308. The van der Waals surface area contributed by atoms with E-state index >= 15 is 0 Å². The topological polar surface area (TPSA) is 79.0 Å². The van der Waals surface area contributed by atoms with Gasteiger partial charge in [-0.1, -0.05) is 0 Å². The maximum absolute atomic E-state index is 11.7. The van der Waals surface area contributed by atoms with Crippen LogP contribution in [0, 0.1) is 0 Å². The van der Waals surface area contributed by atoms with Crippen LogP contribution in [0.25, 0.3) is 0 Å². The van der Waals surface area contributed by atoms with Gasteiger partial charge in [0.1, 0.15) is 13.2 Å². The Kier molecular flexibility index (Phi) is 3.11. The Morgan fingerprint density at radius 3 is 2.10 bits per heavy atom. The Bertz CT molecular complexity index is 553. The lowest BCUT2D eigenvalue weighted by Gasteiger charge is -2.25. The van der Waals surface area contributed by atoms with Gasteiger partial charge in [-0.15, -0.1) is 0 Å². The standard InChI is InChI=1S/C13H13N3O4/c17-11-7-20-8-12(18)16(11)10-3-1-9(2-4-10)15-6-5-14-13(15)19/h1-4H,5-8H2,(H,14,19). The zero-order chi connectivity index (χ0) is 14.1. The number of ether oxygens (including phenoxy) is 1. The third-order valence-corrected chi connectivity index (χ3v) is 3.23. The molecule has 1 aromatic rings. The van der Waals surface area contributed by atoms with E-state index < -0.39 is 0 Å². The largest absolute Gasteiger partial charge is 0.362 e. The first kappa shape index (κ1) is 12.6. The van der Waals surface area contributed by atoms with Crippen molar-refractivity contribution in [1.29, 1.82) is 0 Å². The molecule has 4 amide bonds. The number of carbonyl (C=O) groups excluding carboxylic acids is 3. The summed E-state index contributed by atoms with van der Waals surface area (Å²) in [6, 6.07) is 6.60. The van der Waals surface area contributed by atoms with Gasteiger partial charge in [-0.3, -0.25) is 14.5 Å². The van der Waals surface area contributed by atoms with Gasteiger partial charge in [0.25, 0.3) is 11.8 Å². The zero-order valence-electron chi connectivity index (χ0n) is 10.7. The van der Waals surface area contributed by atoms with Gasteiger partial charge in [0.2, 0.25) is 0 Å². The van der Waals surface area contributed by atoms with Gasteiger partial charge in [0, 0.05) is 18.8 Å². The fourth-order valence-electron chi connectivity index (χ4n) is 2.28. The van der Waals surface area contributed by atoms with Crippen molar-refractivity contribution in [2.45, 2.75) is 0 Å². The molecule has 0 radical (unpaired) electrons. The summed E-state index contributed by atoms with van der Waals surface area (Å²) >= 11 is 0. The van der Waals surface area contributed by atoms with Crippen molar-refractivity contribution in [3.05, 3.63) is 24.3 Å². The first-order valence-corrected chi connectivity index (χ1v) is 6.26. The number of carbonyl (C=O) groups is 3. The molecular weight excluding hydrogens is 262 g/mol. The highest BCUT2D eigenvalue weighted by molar-refractivity contribution is 6.17. The SMILES string of the molecule is O=C1NCCN1c1ccc(N2C(=O)COCC2=O)cc1. The predicted octanol–water partition coefficient (Wildman–Crippen LogP) is 0.106. The van der Waals surface area contributed by atoms with E-state index in [1.165, 1.54) is 0 Å². The van der Waals surface area contributed by atoms with Gasteiger partial charge in [-0.05, 0) is 24.3 Å². The van der Waals surface area contributed by atoms with E-state index in [1.807, 2.05) is 0 Å². The van der Waals surface area contributed by atoms with Crippen LogP contribution in [-0.4, -0.2) is 44.1 Å². The molecule has 0 aliphatic carbocycles. The Labute approximate surface area is 115 Å². The smallest absolute Gasteiger partial charge is 0.321 e. The normalized spacial score (nSPS) is 19.5. The highest BCUT2D eigenvalue weighted by Gasteiger charge is 2.28. The molecule has 1 N–H and O–H groups in total. The number of rotatable bonds is 2. The minimum absolute atomic E-state index is 0.0952. The van der Waals surface area contributed by atoms with Crippen LogP contribution < -0.4 is 15.1 Å². The molecule has 7 heteroatoms. The van der Waals surface area contributed by atoms with Crippen LogP contribution in [0.1, 0.15) is 0 Å². The maximum atomic E-state index is 11.7. The first-order chi connectivity index (χ1) is 9.66. The van der Waals surface area contributed by atoms with Crippen LogP contribution in [0.5, 0.6) is 0 Å². The van der Waals surface area contributed by atoms with Crippen molar-refractivity contribution < 1.29 is 19.1 Å². The maximum Gasteiger partial charge on any atom is 0.321 e. The Morgan fingerprint density at radius 2 is 1.55 bits per heavy atom. The van der Waals surface area contributed by atoms with Gasteiger partial charge in [0.05, 0.1) is 5.69 Å². The second-order valence-corrected chi connectivity index (χ2v) is 4.52. The van der Waals surface area contributed by atoms with Crippen molar-refractivity contribution in [2.75, 3.05) is 36.1 Å². The molecule has 2 heterocycles. The van der Waals surface area contributed by atoms with Gasteiger partial charge in [-0.2, -0.15) is 0 Å². The molecule has 20 heavy (non-hydrogen) atoms. The number of benzene rings is 1. The minimum Gasteiger partial charge on any atom is -0.362 e. The van der Waals surface area contributed by atoms with E-state index in [0.29, 0.717) is 18.8 Å². The average Bonchev–Trinajstić information content (AvgIpc) is 2.86. The molecule has 0 bridgehead atoms. The van der Waals surface area contributed by atoms with Crippen LogP contribution in [0.2, 0.25) is 0 Å². The van der Waals surface area contributed by atoms with Crippen LogP contribution in [0.4, 0.5) is 16.2 Å². The molecule has 0 atom stereocenters. The summed E-state index contributed by atoms with van der Waals surface area (Å²) in [5.41, 5.74) is 1.23. The van der Waals surface area contributed by atoms with Crippen molar-refractivity contribution in [1.82, 2.24) is 5.32 Å². The van der Waals surface area contributed by atoms with Gasteiger partial charge < -0.3 is 10.1 Å². The van der Waals surface area contributed by atoms with Crippen molar-refractivity contribution >= 4 is 29.2 Å². The number of urea groups is 1. The molecule has 0 saturated carbocycles. The highest BCUT2D eigenvalue weighted by atomic mass is 16.5. The summed E-state index contributed by atoms with van der Waals surface area (Å²) in [6.07, 6.45) is 0. The Balaban J connectivity index is 1.83. The summed E-state index contributed by atoms with van der Waals surface area (Å²) in [6.45, 7) is 1.03. The van der Waals surface area contributed by atoms with E-state index in [4.69, 9.17) is 4.74 Å². The molecule has 2 aliphatic rings. The minimum atomic E-state index is -0.382. The predicted molar refractivity (Wildman–Crippen MR) is 70.5 cm³/mol. The third kappa shape index (κ3) is 2.12. The molecular formula is C13H13N3O4. The molecule has 0 spiro atoms. The van der Waals surface area contributed by atoms with Crippen LogP contribution >= 0.6 is 0 Å². The number of hydrogen-bond acceptors (Lipinski definition) is 4. The lowest BCUT2D eigenvalue weighted by atomic mass is 10.2. The summed E-state index contributed by atoms with van der Waals surface area (Å²) in [4.78, 5) is 37.7. The number of amides is 4. The van der Waals surface area contributed by atoms with E-state index in [2.05, 4.69) is 5.32 Å². The summed E-state index contributed by atoms with van der Waals surface area (Å²) in [5, 5.41) is 2.71. The third-order valence-electron chi connectivity index (χ3n) is 3.23. The molecule has 0 aromatic heterocycles. The van der Waals surface area contributed by atoms with E-state index in [1.54, 1.807) is 29.2 Å². The number of morpholine rings is 1. The summed E-state index contributed by atoms with van der Waals surface area (Å²) < 4.78 is 4.86. The first-order valence-electron chi connectivity index (χ1n) is 6.26. The lowest BCUT2D eigenvalue weighted by Crippen LogP contribution is -2.46. The van der Waals surface area contributed by atoms with Crippen LogP contribution in [-0.2, 0) is 14.3 Å². The monoisotopic (exact) mass is 275 g/mol. The summed E-state index contributed by atoms with van der Waals surface area (Å²) in [5.74, 6) is -0.763. The number of hydrogen-bond donors (Lipinski definition) is 1. The van der Waals surface area contributed by atoms with E-state index in [9.17, 15) is 14.4 Å². The van der Waals surface area contributed by atoms with Gasteiger partial charge in [0.15, 0.2) is 0 Å². The molecule has 2 saturated heterocycles. The number of nitrogens with one attached hydrogen (secondary N) is 1. The number of anilines is 2. The van der Waals surface area contributed by atoms with Gasteiger partial charge >= 0.3 is 6.03 Å². The second kappa shape index (κ2) is 4.93. The van der Waals surface area contributed by atoms with Gasteiger partial charge in [-0.25, -0.2) is 9.69 Å². The molecule has 3 rings (SSSR count). The Hall–Kier alpha value is -2.41. The number of imide groups is 1. The highest BCUT2D eigenvalue weighted by Crippen LogP contribution is 2.23. The van der Waals surface area contributed by atoms with Crippen molar-refractivity contribution in [3.63, 3.8) is 0 Å². The summed E-state index contributed by atoms with van der Waals surface area (Å²) in [7, 11) is 0. The van der Waals surface area contributed by atoms with Crippen molar-refractivity contribution in [2.24, 2.45) is 0 Å². The molecule has 2 aliphatic heterocycles. The zero-order valence-corrected chi connectivity index (χ0v) is 10.7. The quantitative estimate of drug-likeness (QED) is 0.777. The van der Waals surface area contributed by atoms with E-state index in [0.717, 1.165) is 10.6 Å². The lowest BCUT2D eigenvalue weighted by molar-refractivity contribution is -0.138.